The molecule has 2 aromatic heterocycles. The number of hydrogen-bond acceptors (Lipinski definition) is 7. The molecule has 0 atom stereocenters. The van der Waals surface area contributed by atoms with Crippen molar-refractivity contribution >= 4 is 11.0 Å². The monoisotopic (exact) mass is 323 g/mol. The molecule has 0 unspecified atom stereocenters. The van der Waals surface area contributed by atoms with E-state index in [1.807, 2.05) is 42.5 Å². The summed E-state index contributed by atoms with van der Waals surface area (Å²) in [5.41, 5.74) is 2.49. The Labute approximate surface area is 136 Å². The number of ether oxygens (including phenoxy) is 1. The number of fused-ring (bicyclic) bond motifs is 1. The van der Waals surface area contributed by atoms with Gasteiger partial charge in [-0.15, -0.1) is 15.3 Å². The molecule has 0 spiro atoms. The van der Waals surface area contributed by atoms with E-state index in [1.165, 1.54) is 4.85 Å². The molecular formula is C15H13N7O2. The molecule has 4 rings (SSSR count). The number of nitrogens with zero attached hydrogens (tertiary/aromatic N) is 6. The fourth-order valence-corrected chi connectivity index (χ4v) is 2.17. The van der Waals surface area contributed by atoms with Gasteiger partial charge in [0.1, 0.15) is 23.4 Å². The fourth-order valence-electron chi connectivity index (χ4n) is 2.17. The lowest BCUT2D eigenvalue weighted by molar-refractivity contribution is 0.0751. The van der Waals surface area contributed by atoms with Gasteiger partial charge in [-0.25, -0.2) is 0 Å². The van der Waals surface area contributed by atoms with Crippen molar-refractivity contribution in [2.75, 3.05) is 0 Å². The van der Waals surface area contributed by atoms with Crippen LogP contribution < -0.4 is 9.57 Å². The first-order valence-electron chi connectivity index (χ1n) is 7.26. The predicted octanol–water partition coefficient (Wildman–Crippen LogP) is 1.15. The van der Waals surface area contributed by atoms with Gasteiger partial charge >= 0.3 is 0 Å². The molecular weight excluding hydrogens is 310 g/mol. The van der Waals surface area contributed by atoms with Gasteiger partial charge in [0.05, 0.1) is 0 Å². The molecule has 0 aliphatic carbocycles. The first-order valence-corrected chi connectivity index (χ1v) is 7.26. The number of rotatable bonds is 6. The second-order valence-electron chi connectivity index (χ2n) is 4.99. The zero-order valence-corrected chi connectivity index (χ0v) is 12.5. The smallest absolute Gasteiger partial charge is 0.211 e. The standard InChI is InChI=1S/C15H13N7O2/c1-2-4-11(5-3-1)9-24-22-14-7-6-12(8-13(14)16-21-22)23-10-15-17-19-20-18-15/h1-8H,9-10H2,(H,17,18,19,20). The van der Waals surface area contributed by atoms with Crippen molar-refractivity contribution in [2.45, 2.75) is 13.2 Å². The van der Waals surface area contributed by atoms with Gasteiger partial charge in [-0.3, -0.25) is 0 Å². The Hall–Kier alpha value is -3.49. The lowest BCUT2D eigenvalue weighted by atomic mass is 10.2. The van der Waals surface area contributed by atoms with Crippen LogP contribution in [0.25, 0.3) is 11.0 Å². The van der Waals surface area contributed by atoms with E-state index in [4.69, 9.17) is 9.57 Å². The van der Waals surface area contributed by atoms with Crippen LogP contribution in [0.3, 0.4) is 0 Å². The van der Waals surface area contributed by atoms with Crippen LogP contribution in [0, 0.1) is 0 Å². The van der Waals surface area contributed by atoms with E-state index >= 15 is 0 Å². The van der Waals surface area contributed by atoms with Crippen LogP contribution in [-0.2, 0) is 13.2 Å². The highest BCUT2D eigenvalue weighted by Crippen LogP contribution is 2.19. The van der Waals surface area contributed by atoms with Crippen LogP contribution in [-0.4, -0.2) is 35.8 Å². The van der Waals surface area contributed by atoms with E-state index in [2.05, 4.69) is 30.9 Å². The summed E-state index contributed by atoms with van der Waals surface area (Å²) in [6, 6.07) is 15.3. The van der Waals surface area contributed by atoms with Crippen molar-refractivity contribution in [3.8, 4) is 5.75 Å². The molecule has 0 fully saturated rings. The van der Waals surface area contributed by atoms with E-state index in [0.717, 1.165) is 11.1 Å². The maximum Gasteiger partial charge on any atom is 0.211 e. The SMILES string of the molecule is c1ccc(COn2nnc3cc(OCc4nn[nH]n4)ccc32)cc1. The Balaban J connectivity index is 1.46. The Bertz CT molecular complexity index is 922. The van der Waals surface area contributed by atoms with Crippen LogP contribution in [0.4, 0.5) is 0 Å². The Kier molecular flexibility index (Phi) is 3.72. The second-order valence-corrected chi connectivity index (χ2v) is 4.99. The first kappa shape index (κ1) is 14.1. The average molecular weight is 323 g/mol. The Morgan fingerprint density at radius 3 is 2.75 bits per heavy atom. The van der Waals surface area contributed by atoms with Gasteiger partial charge in [-0.05, 0) is 22.9 Å². The van der Waals surface area contributed by atoms with Gasteiger partial charge in [0.2, 0.25) is 5.82 Å². The fraction of sp³-hybridized carbons (Fsp3) is 0.133. The highest BCUT2D eigenvalue weighted by Gasteiger charge is 2.08. The number of benzene rings is 2. The molecule has 0 saturated heterocycles. The zero-order chi connectivity index (χ0) is 16.2. The number of hydrogen-bond donors (Lipinski definition) is 1. The van der Waals surface area contributed by atoms with Gasteiger partial charge < -0.3 is 9.57 Å². The molecule has 0 aliphatic heterocycles. The molecule has 4 aromatic rings. The molecule has 0 bridgehead atoms. The van der Waals surface area contributed by atoms with Crippen LogP contribution >= 0.6 is 0 Å². The van der Waals surface area contributed by atoms with Crippen LogP contribution in [0.2, 0.25) is 0 Å². The summed E-state index contributed by atoms with van der Waals surface area (Å²) in [4.78, 5) is 7.08. The lowest BCUT2D eigenvalue weighted by Crippen LogP contribution is -2.12. The molecule has 24 heavy (non-hydrogen) atoms. The second kappa shape index (κ2) is 6.32. The normalized spacial score (nSPS) is 10.8. The van der Waals surface area contributed by atoms with Crippen LogP contribution in [0.15, 0.2) is 48.5 Å². The van der Waals surface area contributed by atoms with Gasteiger partial charge in [0.15, 0.2) is 6.61 Å². The zero-order valence-electron chi connectivity index (χ0n) is 12.5. The highest BCUT2D eigenvalue weighted by atomic mass is 16.7. The van der Waals surface area contributed by atoms with Crippen molar-refractivity contribution in [3.05, 3.63) is 59.9 Å². The molecule has 0 saturated carbocycles. The lowest BCUT2D eigenvalue weighted by Gasteiger charge is -2.06. The third-order valence-electron chi connectivity index (χ3n) is 3.34. The van der Waals surface area contributed by atoms with Gasteiger partial charge in [0.25, 0.3) is 0 Å². The summed E-state index contributed by atoms with van der Waals surface area (Å²) in [5.74, 6) is 1.12. The average Bonchev–Trinajstić information content (AvgIpc) is 3.28. The van der Waals surface area contributed by atoms with Crippen LogP contribution in [0.5, 0.6) is 5.75 Å². The third kappa shape index (κ3) is 3.00. The van der Waals surface area contributed by atoms with E-state index in [-0.39, 0.29) is 6.61 Å². The molecule has 0 radical (unpaired) electrons. The summed E-state index contributed by atoms with van der Waals surface area (Å²) in [6.45, 7) is 0.635. The molecule has 9 nitrogen and oxygen atoms in total. The Morgan fingerprint density at radius 1 is 1.00 bits per heavy atom. The highest BCUT2D eigenvalue weighted by molar-refractivity contribution is 5.75. The van der Waals surface area contributed by atoms with Crippen molar-refractivity contribution < 1.29 is 9.57 Å². The number of aromatic nitrogens is 7. The van der Waals surface area contributed by atoms with Gasteiger partial charge in [0, 0.05) is 6.07 Å². The third-order valence-corrected chi connectivity index (χ3v) is 3.34. The van der Waals surface area contributed by atoms with E-state index in [9.17, 15) is 0 Å². The minimum absolute atomic E-state index is 0.223. The molecule has 9 heteroatoms. The van der Waals surface area contributed by atoms with Gasteiger partial charge in [-0.1, -0.05) is 40.4 Å². The maximum absolute atomic E-state index is 5.67. The number of tetrazole rings is 1. The summed E-state index contributed by atoms with van der Waals surface area (Å²) in [6.07, 6.45) is 0. The number of H-pyrrole nitrogens is 1. The first-order chi connectivity index (χ1) is 11.9. The minimum atomic E-state index is 0.223. The predicted molar refractivity (Wildman–Crippen MR) is 82.8 cm³/mol. The summed E-state index contributed by atoms with van der Waals surface area (Å²) in [5, 5.41) is 21.6. The molecule has 2 aromatic carbocycles. The largest absolute Gasteiger partial charge is 0.485 e. The van der Waals surface area contributed by atoms with Crippen molar-refractivity contribution in [3.63, 3.8) is 0 Å². The van der Waals surface area contributed by atoms with E-state index in [1.54, 1.807) is 6.07 Å². The molecule has 120 valence electrons. The Morgan fingerprint density at radius 2 is 1.92 bits per heavy atom. The molecule has 2 heterocycles. The number of nitrogens with one attached hydrogen (secondary N) is 1. The van der Waals surface area contributed by atoms with E-state index in [0.29, 0.717) is 23.7 Å². The van der Waals surface area contributed by atoms with Crippen molar-refractivity contribution in [2.24, 2.45) is 0 Å². The minimum Gasteiger partial charge on any atom is -0.485 e. The summed E-state index contributed by atoms with van der Waals surface area (Å²) < 4.78 is 5.59. The molecule has 0 aliphatic rings. The molecule has 1 N–H and O–H groups in total. The van der Waals surface area contributed by atoms with Gasteiger partial charge in [-0.2, -0.15) is 5.21 Å². The quantitative estimate of drug-likeness (QED) is 0.567. The van der Waals surface area contributed by atoms with E-state index < -0.39 is 0 Å². The summed E-state index contributed by atoms with van der Waals surface area (Å²) in [7, 11) is 0. The number of aromatic amines is 1. The summed E-state index contributed by atoms with van der Waals surface area (Å²) >= 11 is 0. The molecule has 0 amide bonds. The maximum atomic E-state index is 5.67. The topological polar surface area (TPSA) is 104 Å². The van der Waals surface area contributed by atoms with Crippen LogP contribution in [0.1, 0.15) is 11.4 Å². The van der Waals surface area contributed by atoms with Crippen molar-refractivity contribution in [1.82, 2.24) is 35.8 Å². The van der Waals surface area contributed by atoms with Crippen molar-refractivity contribution in [1.29, 1.82) is 0 Å².